The van der Waals surface area contributed by atoms with Crippen molar-refractivity contribution in [2.75, 3.05) is 18.9 Å². The fraction of sp³-hybridized carbons (Fsp3) is 0.500. The maximum atomic E-state index is 13.0. The lowest BCUT2D eigenvalue weighted by atomic mass is 9.96. The molecule has 0 spiro atoms. The molecule has 3 N–H and O–H groups in total. The van der Waals surface area contributed by atoms with Crippen LogP contribution in [-0.4, -0.2) is 41.8 Å². The molecule has 4 rings (SSSR count). The highest BCUT2D eigenvalue weighted by atomic mass is 32.2. The molecule has 24 heavy (non-hydrogen) atoms. The van der Waals surface area contributed by atoms with Gasteiger partial charge in [0.1, 0.15) is 22.6 Å². The van der Waals surface area contributed by atoms with E-state index >= 15 is 0 Å². The first-order valence-electron chi connectivity index (χ1n) is 8.22. The molecule has 1 fully saturated rings. The molecule has 2 aromatic rings. The van der Waals surface area contributed by atoms with Crippen LogP contribution >= 0.6 is 0 Å². The van der Waals surface area contributed by atoms with Gasteiger partial charge in [0, 0.05) is 6.61 Å². The van der Waals surface area contributed by atoms with Crippen molar-refractivity contribution in [2.45, 2.75) is 42.2 Å². The zero-order valence-electron chi connectivity index (χ0n) is 13.3. The first-order chi connectivity index (χ1) is 11.6. The third-order valence-corrected chi connectivity index (χ3v) is 7.00. The van der Waals surface area contributed by atoms with Gasteiger partial charge in [0.2, 0.25) is 0 Å². The molecule has 1 saturated heterocycles. The van der Waals surface area contributed by atoms with Crippen molar-refractivity contribution in [3.63, 3.8) is 0 Å². The molecule has 3 heterocycles. The van der Waals surface area contributed by atoms with Crippen molar-refractivity contribution in [1.82, 2.24) is 15.0 Å². The monoisotopic (exact) mass is 348 g/mol. The van der Waals surface area contributed by atoms with Crippen molar-refractivity contribution in [2.24, 2.45) is 0 Å². The molecule has 1 atom stereocenters. The Hall–Kier alpha value is -1.93. The lowest BCUT2D eigenvalue weighted by molar-refractivity contribution is 0.198. The van der Waals surface area contributed by atoms with Crippen LogP contribution in [0.25, 0.3) is 16.6 Å². The van der Waals surface area contributed by atoms with Crippen LogP contribution in [0.1, 0.15) is 37.8 Å². The van der Waals surface area contributed by atoms with Crippen molar-refractivity contribution >= 4 is 32.3 Å². The topological polar surface area (TPSA) is 111 Å². The van der Waals surface area contributed by atoms with E-state index in [1.807, 2.05) is 0 Å². The molecular weight excluding hydrogens is 328 g/mol. The minimum absolute atomic E-state index is 0.0908. The van der Waals surface area contributed by atoms with Crippen molar-refractivity contribution in [3.8, 4) is 0 Å². The number of fused-ring (bicyclic) bond motifs is 1. The number of aromatic amines is 1. The number of sulfone groups is 1. The van der Waals surface area contributed by atoms with Crippen molar-refractivity contribution in [3.05, 3.63) is 18.1 Å². The van der Waals surface area contributed by atoms with Gasteiger partial charge in [0.25, 0.3) is 0 Å². The van der Waals surface area contributed by atoms with Gasteiger partial charge in [-0.25, -0.2) is 18.4 Å². The number of rotatable bonds is 3. The Morgan fingerprint density at radius 1 is 1.29 bits per heavy atom. The fourth-order valence-corrected chi connectivity index (χ4v) is 5.30. The molecule has 2 aromatic heterocycles. The van der Waals surface area contributed by atoms with Crippen LogP contribution in [0.15, 0.2) is 17.3 Å². The molecule has 1 unspecified atom stereocenters. The second-order valence-corrected chi connectivity index (χ2v) is 8.48. The Bertz CT molecular complexity index is 911. The van der Waals surface area contributed by atoms with E-state index < -0.39 is 15.1 Å². The average Bonchev–Trinajstić information content (AvgIpc) is 3.22. The van der Waals surface area contributed by atoms with E-state index in [0.717, 1.165) is 30.5 Å². The zero-order valence-corrected chi connectivity index (χ0v) is 14.1. The van der Waals surface area contributed by atoms with Crippen LogP contribution in [0.5, 0.6) is 0 Å². The highest BCUT2D eigenvalue weighted by molar-refractivity contribution is 7.92. The van der Waals surface area contributed by atoms with Crippen LogP contribution in [0.3, 0.4) is 0 Å². The summed E-state index contributed by atoms with van der Waals surface area (Å²) >= 11 is 0. The SMILES string of the molecule is Nc1[nH]c2c(C3=CCCCC3)ncnc2c1S(=O)(=O)C1CCOC1. The minimum atomic E-state index is -3.59. The van der Waals surface area contributed by atoms with E-state index in [-0.39, 0.29) is 17.3 Å². The van der Waals surface area contributed by atoms with Gasteiger partial charge < -0.3 is 15.5 Å². The average molecular weight is 348 g/mol. The molecule has 1 aliphatic carbocycles. The van der Waals surface area contributed by atoms with E-state index in [1.165, 1.54) is 12.7 Å². The number of allylic oxidation sites excluding steroid dienone is 2. The van der Waals surface area contributed by atoms with Gasteiger partial charge in [-0.15, -0.1) is 0 Å². The number of hydrogen-bond donors (Lipinski definition) is 2. The number of ether oxygens (including phenoxy) is 1. The highest BCUT2D eigenvalue weighted by Gasteiger charge is 2.36. The van der Waals surface area contributed by atoms with E-state index in [9.17, 15) is 8.42 Å². The summed E-state index contributed by atoms with van der Waals surface area (Å²) < 4.78 is 31.2. The number of anilines is 1. The molecule has 0 aromatic carbocycles. The number of hydrogen-bond acceptors (Lipinski definition) is 6. The van der Waals surface area contributed by atoms with Crippen LogP contribution in [0.4, 0.5) is 5.82 Å². The summed E-state index contributed by atoms with van der Waals surface area (Å²) in [5, 5.41) is -0.564. The molecule has 7 nitrogen and oxygen atoms in total. The third kappa shape index (κ3) is 2.41. The first-order valence-corrected chi connectivity index (χ1v) is 9.77. The molecule has 1 aliphatic heterocycles. The molecule has 128 valence electrons. The summed E-state index contributed by atoms with van der Waals surface area (Å²) in [6.07, 6.45) is 8.30. The van der Waals surface area contributed by atoms with Crippen LogP contribution in [0, 0.1) is 0 Å². The second-order valence-electron chi connectivity index (χ2n) is 6.32. The van der Waals surface area contributed by atoms with E-state index in [0.29, 0.717) is 24.1 Å². The first kappa shape index (κ1) is 15.6. The summed E-state index contributed by atoms with van der Waals surface area (Å²) in [5.41, 5.74) is 8.93. The number of nitrogens with one attached hydrogen (secondary N) is 1. The minimum Gasteiger partial charge on any atom is -0.384 e. The van der Waals surface area contributed by atoms with Crippen LogP contribution < -0.4 is 5.73 Å². The number of nitrogens with zero attached hydrogens (tertiary/aromatic N) is 2. The van der Waals surface area contributed by atoms with Crippen LogP contribution in [0.2, 0.25) is 0 Å². The molecule has 0 amide bonds. The summed E-state index contributed by atoms with van der Waals surface area (Å²) in [6.45, 7) is 0.664. The second kappa shape index (κ2) is 5.86. The zero-order chi connectivity index (χ0) is 16.7. The van der Waals surface area contributed by atoms with Crippen LogP contribution in [-0.2, 0) is 14.6 Å². The predicted octanol–water partition coefficient (Wildman–Crippen LogP) is 2.06. The highest BCUT2D eigenvalue weighted by Crippen LogP contribution is 2.36. The quantitative estimate of drug-likeness (QED) is 0.878. The largest absolute Gasteiger partial charge is 0.384 e. The summed E-state index contributed by atoms with van der Waals surface area (Å²) in [5.74, 6) is 0.134. The lowest BCUT2D eigenvalue weighted by Gasteiger charge is -2.12. The summed E-state index contributed by atoms with van der Waals surface area (Å²) in [6, 6.07) is 0. The third-order valence-electron chi connectivity index (χ3n) is 4.77. The maximum absolute atomic E-state index is 13.0. The van der Waals surface area contributed by atoms with Crippen molar-refractivity contribution in [1.29, 1.82) is 0 Å². The van der Waals surface area contributed by atoms with Gasteiger partial charge >= 0.3 is 0 Å². The van der Waals surface area contributed by atoms with Gasteiger partial charge in [-0.2, -0.15) is 0 Å². The Kier molecular flexibility index (Phi) is 3.80. The number of nitrogens with two attached hydrogens (primary N) is 1. The molecule has 0 saturated carbocycles. The molecule has 8 heteroatoms. The molecular formula is C16H20N4O3S. The Morgan fingerprint density at radius 2 is 2.17 bits per heavy atom. The van der Waals surface area contributed by atoms with Gasteiger partial charge in [-0.3, -0.25) is 0 Å². The van der Waals surface area contributed by atoms with Gasteiger partial charge in [0.05, 0.1) is 23.1 Å². The van der Waals surface area contributed by atoms with E-state index in [2.05, 4.69) is 21.0 Å². The van der Waals surface area contributed by atoms with Gasteiger partial charge in [0.15, 0.2) is 9.84 Å². The van der Waals surface area contributed by atoms with E-state index in [4.69, 9.17) is 10.5 Å². The Balaban J connectivity index is 1.89. The molecule has 0 radical (unpaired) electrons. The summed E-state index contributed by atoms with van der Waals surface area (Å²) in [7, 11) is -3.59. The predicted molar refractivity (Wildman–Crippen MR) is 91.2 cm³/mol. The maximum Gasteiger partial charge on any atom is 0.189 e. The van der Waals surface area contributed by atoms with Gasteiger partial charge in [-0.05, 0) is 37.7 Å². The smallest absolute Gasteiger partial charge is 0.189 e. The lowest BCUT2D eigenvalue weighted by Crippen LogP contribution is -2.22. The van der Waals surface area contributed by atoms with Gasteiger partial charge in [-0.1, -0.05) is 6.08 Å². The molecule has 0 bridgehead atoms. The number of H-pyrrole nitrogens is 1. The van der Waals surface area contributed by atoms with Crippen molar-refractivity contribution < 1.29 is 13.2 Å². The number of nitrogen functional groups attached to an aromatic ring is 1. The molecule has 2 aliphatic rings. The Labute approximate surface area is 140 Å². The standard InChI is InChI=1S/C16H20N4O3S/c17-16-15(24(21,22)11-6-7-23-8-11)14-13(20-16)12(18-9-19-14)10-4-2-1-3-5-10/h4,9,11,20H,1-3,5-8,17H2. The fourth-order valence-electron chi connectivity index (χ4n) is 3.50. The Morgan fingerprint density at radius 3 is 2.88 bits per heavy atom. The summed E-state index contributed by atoms with van der Waals surface area (Å²) in [4.78, 5) is 11.7. The number of aromatic nitrogens is 3. The van der Waals surface area contributed by atoms with E-state index in [1.54, 1.807) is 0 Å². The normalized spacial score (nSPS) is 22.0.